The number of hydrogen-bond acceptors (Lipinski definition) is 12. The van der Waals surface area contributed by atoms with Gasteiger partial charge in [0.25, 0.3) is 0 Å². The van der Waals surface area contributed by atoms with Crippen molar-refractivity contribution in [1.29, 1.82) is 0 Å². The second-order valence-electron chi connectivity index (χ2n) is 9.54. The molecule has 12 nitrogen and oxygen atoms in total. The first-order valence-corrected chi connectivity index (χ1v) is 16.5. The molecule has 12 heteroatoms. The first-order valence-electron chi connectivity index (χ1n) is 16.5. The topological polar surface area (TPSA) is 111 Å². The highest BCUT2D eigenvalue weighted by Gasteiger charge is 1.97. The van der Waals surface area contributed by atoms with Gasteiger partial charge >= 0.3 is 0 Å². The highest BCUT2D eigenvalue weighted by atomic mass is 16.6. The summed E-state index contributed by atoms with van der Waals surface area (Å²) in [5.74, 6) is 0. The van der Waals surface area contributed by atoms with Gasteiger partial charge in [0.05, 0.1) is 145 Å². The molecule has 0 fully saturated rings. The summed E-state index contributed by atoms with van der Waals surface area (Å²) < 4.78 is 65.1. The number of ether oxygens (including phenoxy) is 12. The smallest absolute Gasteiger partial charge is 0.111 e. The fourth-order valence-electron chi connectivity index (χ4n) is 3.48. The summed E-state index contributed by atoms with van der Waals surface area (Å²) in [7, 11) is 0. The van der Waals surface area contributed by atoms with Crippen LogP contribution < -0.4 is 0 Å². The van der Waals surface area contributed by atoms with Gasteiger partial charge in [-0.1, -0.05) is 45.6 Å². The lowest BCUT2D eigenvalue weighted by atomic mass is 10.1. The van der Waals surface area contributed by atoms with Crippen LogP contribution in [0.3, 0.4) is 0 Å². The Kier molecular flexibility index (Phi) is 41.2. The Labute approximate surface area is 267 Å². The molecule has 0 aliphatic rings. The molecule has 0 aromatic rings. The van der Waals surface area contributed by atoms with Crippen molar-refractivity contribution >= 4 is 0 Å². The van der Waals surface area contributed by atoms with Crippen LogP contribution in [0.4, 0.5) is 0 Å². The van der Waals surface area contributed by atoms with E-state index < -0.39 is 0 Å². The van der Waals surface area contributed by atoms with Crippen LogP contribution in [0.1, 0.15) is 45.4 Å². The zero-order valence-electron chi connectivity index (χ0n) is 27.7. The van der Waals surface area contributed by atoms with E-state index in [1.54, 1.807) is 0 Å². The molecule has 0 aromatic heterocycles. The minimum Gasteiger partial charge on any atom is -0.499 e. The van der Waals surface area contributed by atoms with Crippen LogP contribution in [0.15, 0.2) is 12.8 Å². The number of hydrogen-bond donors (Lipinski definition) is 0. The minimum atomic E-state index is 0.504. The van der Waals surface area contributed by atoms with Crippen LogP contribution in [0.5, 0.6) is 0 Å². The molecule has 0 heterocycles. The molecule has 0 amide bonds. The van der Waals surface area contributed by atoms with Crippen molar-refractivity contribution in [3.05, 3.63) is 12.8 Å². The summed E-state index contributed by atoms with van der Waals surface area (Å²) in [5, 5.41) is 0. The maximum Gasteiger partial charge on any atom is 0.111 e. The Bertz CT molecular complexity index is 516. The predicted octanol–water partition coefficient (Wildman–Crippen LogP) is 3.69. The van der Waals surface area contributed by atoms with Gasteiger partial charge in [-0.25, -0.2) is 0 Å². The molecule has 0 N–H and O–H groups in total. The predicted molar refractivity (Wildman–Crippen MR) is 169 cm³/mol. The quantitative estimate of drug-likeness (QED) is 0.0718. The number of unbranched alkanes of at least 4 members (excludes halogenated alkanes) is 5. The molecule has 0 spiro atoms. The van der Waals surface area contributed by atoms with Gasteiger partial charge in [-0.15, -0.1) is 0 Å². The van der Waals surface area contributed by atoms with Crippen LogP contribution in [-0.4, -0.2) is 152 Å². The largest absolute Gasteiger partial charge is 0.499 e. The molecule has 44 heavy (non-hydrogen) atoms. The van der Waals surface area contributed by atoms with Gasteiger partial charge in [0.15, 0.2) is 0 Å². The van der Waals surface area contributed by atoms with Gasteiger partial charge in [0.1, 0.15) is 6.61 Å². The Morgan fingerprint density at radius 1 is 0.295 bits per heavy atom. The standard InChI is InChI=1S/C32H64O12/c1-3-5-6-7-8-9-10-34-13-14-36-17-18-38-21-22-40-25-26-42-29-30-44-32-31-43-28-27-41-24-23-39-20-19-37-16-15-35-12-11-33-4-2/h4H,2-3,5-32H2,1H3. The van der Waals surface area contributed by atoms with E-state index in [4.69, 9.17) is 56.8 Å². The molecule has 0 saturated heterocycles. The van der Waals surface area contributed by atoms with E-state index in [0.717, 1.165) is 13.0 Å². The third-order valence-corrected chi connectivity index (χ3v) is 5.83. The van der Waals surface area contributed by atoms with Crippen molar-refractivity contribution in [2.75, 3.05) is 152 Å². The molecular weight excluding hydrogens is 576 g/mol. The SMILES string of the molecule is C=COCCOCCOCCOCCOCCOCCOCCOCCOCCOCCOCCOCCCCCCCC. The van der Waals surface area contributed by atoms with Crippen LogP contribution >= 0.6 is 0 Å². The highest BCUT2D eigenvalue weighted by molar-refractivity contribution is 4.48. The molecule has 0 aromatic carbocycles. The van der Waals surface area contributed by atoms with Crippen LogP contribution in [0.25, 0.3) is 0 Å². The maximum absolute atomic E-state index is 5.58. The van der Waals surface area contributed by atoms with Crippen molar-refractivity contribution in [2.45, 2.75) is 45.4 Å². The molecule has 0 unspecified atom stereocenters. The molecule has 0 aliphatic carbocycles. The molecule has 0 radical (unpaired) electrons. The lowest BCUT2D eigenvalue weighted by molar-refractivity contribution is -0.0279. The summed E-state index contributed by atoms with van der Waals surface area (Å²) in [6, 6.07) is 0. The first kappa shape index (κ1) is 43.1. The number of rotatable bonds is 41. The van der Waals surface area contributed by atoms with E-state index in [2.05, 4.69) is 13.5 Å². The van der Waals surface area contributed by atoms with Crippen molar-refractivity contribution in [3.8, 4) is 0 Å². The third kappa shape index (κ3) is 41.1. The monoisotopic (exact) mass is 640 g/mol. The van der Waals surface area contributed by atoms with Crippen LogP contribution in [-0.2, 0) is 56.8 Å². The van der Waals surface area contributed by atoms with Gasteiger partial charge < -0.3 is 56.8 Å². The molecule has 0 rings (SSSR count). The fourth-order valence-corrected chi connectivity index (χ4v) is 3.48. The summed E-state index contributed by atoms with van der Waals surface area (Å²) in [6.07, 6.45) is 9.08. The normalized spacial score (nSPS) is 11.4. The third-order valence-electron chi connectivity index (χ3n) is 5.83. The van der Waals surface area contributed by atoms with Crippen molar-refractivity contribution in [2.24, 2.45) is 0 Å². The molecule has 0 bridgehead atoms. The Morgan fingerprint density at radius 3 is 0.795 bits per heavy atom. The van der Waals surface area contributed by atoms with E-state index in [1.807, 2.05) is 0 Å². The van der Waals surface area contributed by atoms with Gasteiger partial charge in [-0.05, 0) is 6.42 Å². The lowest BCUT2D eigenvalue weighted by Crippen LogP contribution is -2.15. The van der Waals surface area contributed by atoms with E-state index in [9.17, 15) is 0 Å². The van der Waals surface area contributed by atoms with Crippen molar-refractivity contribution < 1.29 is 56.8 Å². The Hall–Kier alpha value is -0.900. The van der Waals surface area contributed by atoms with E-state index in [1.165, 1.54) is 38.4 Å². The lowest BCUT2D eigenvalue weighted by Gasteiger charge is -2.09. The average molecular weight is 641 g/mol. The maximum atomic E-state index is 5.58. The summed E-state index contributed by atoms with van der Waals surface area (Å²) >= 11 is 0. The molecule has 0 aliphatic heterocycles. The van der Waals surface area contributed by atoms with E-state index in [-0.39, 0.29) is 0 Å². The molecule has 264 valence electrons. The van der Waals surface area contributed by atoms with Crippen molar-refractivity contribution in [3.63, 3.8) is 0 Å². The summed E-state index contributed by atoms with van der Waals surface area (Å²) in [6.45, 7) is 18.3. The first-order chi connectivity index (χ1) is 21.9. The average Bonchev–Trinajstić information content (AvgIpc) is 3.04. The van der Waals surface area contributed by atoms with Gasteiger partial charge in [0.2, 0.25) is 0 Å². The minimum absolute atomic E-state index is 0.504. The van der Waals surface area contributed by atoms with E-state index in [0.29, 0.717) is 145 Å². The highest BCUT2D eigenvalue weighted by Crippen LogP contribution is 2.04. The van der Waals surface area contributed by atoms with Gasteiger partial charge in [-0.3, -0.25) is 0 Å². The van der Waals surface area contributed by atoms with Gasteiger partial charge in [-0.2, -0.15) is 0 Å². The molecular formula is C32H64O12. The Balaban J connectivity index is 3.03. The second kappa shape index (κ2) is 42.1. The second-order valence-corrected chi connectivity index (χ2v) is 9.54. The van der Waals surface area contributed by atoms with Crippen LogP contribution in [0.2, 0.25) is 0 Å². The van der Waals surface area contributed by atoms with Crippen molar-refractivity contribution in [1.82, 2.24) is 0 Å². The molecule has 0 saturated carbocycles. The van der Waals surface area contributed by atoms with Gasteiger partial charge in [0, 0.05) is 6.61 Å². The summed E-state index contributed by atoms with van der Waals surface area (Å²) in [5.41, 5.74) is 0. The Morgan fingerprint density at radius 2 is 0.523 bits per heavy atom. The van der Waals surface area contributed by atoms with Crippen LogP contribution in [0, 0.1) is 0 Å². The van der Waals surface area contributed by atoms with E-state index >= 15 is 0 Å². The molecule has 0 atom stereocenters. The zero-order valence-corrected chi connectivity index (χ0v) is 27.7. The summed E-state index contributed by atoms with van der Waals surface area (Å²) in [4.78, 5) is 0. The fraction of sp³-hybridized carbons (Fsp3) is 0.938. The zero-order chi connectivity index (χ0) is 31.7.